The van der Waals surface area contributed by atoms with E-state index >= 15 is 0 Å². The van der Waals surface area contributed by atoms with Crippen molar-refractivity contribution in [3.8, 4) is 11.4 Å². The summed E-state index contributed by atoms with van der Waals surface area (Å²) in [7, 11) is 0. The average molecular weight is 255 g/mol. The number of hydrogen-bond donors (Lipinski definition) is 2. The number of rotatable bonds is 3. The zero-order valence-electron chi connectivity index (χ0n) is 10.7. The molecule has 0 aliphatic heterocycles. The molecule has 0 aromatic carbocycles. The van der Waals surface area contributed by atoms with Crippen LogP contribution in [-0.2, 0) is 0 Å². The zero-order chi connectivity index (χ0) is 13.1. The van der Waals surface area contributed by atoms with Gasteiger partial charge in [0.25, 0.3) is 0 Å². The fourth-order valence-corrected chi connectivity index (χ4v) is 2.40. The molecule has 0 amide bonds. The van der Waals surface area contributed by atoms with Crippen molar-refractivity contribution >= 4 is 11.5 Å². The SMILES string of the molecule is Nc1cnc(-c2cccnc2)nc1NC1CCCC1. The molecule has 1 saturated carbocycles. The summed E-state index contributed by atoms with van der Waals surface area (Å²) >= 11 is 0. The van der Waals surface area contributed by atoms with Crippen LogP contribution in [0.1, 0.15) is 25.7 Å². The van der Waals surface area contributed by atoms with Crippen LogP contribution in [0.15, 0.2) is 30.7 Å². The molecule has 1 aliphatic rings. The molecule has 3 N–H and O–H groups in total. The molecule has 3 rings (SSSR count). The Morgan fingerprint density at radius 1 is 1.21 bits per heavy atom. The Kier molecular flexibility index (Phi) is 3.27. The van der Waals surface area contributed by atoms with E-state index in [2.05, 4.69) is 20.3 Å². The van der Waals surface area contributed by atoms with Crippen LogP contribution in [0.5, 0.6) is 0 Å². The van der Waals surface area contributed by atoms with Crippen molar-refractivity contribution in [2.24, 2.45) is 0 Å². The van der Waals surface area contributed by atoms with Gasteiger partial charge in [-0.3, -0.25) is 4.98 Å². The molecule has 1 aliphatic carbocycles. The first-order chi connectivity index (χ1) is 9.33. The number of nitrogen functional groups attached to an aromatic ring is 1. The lowest BCUT2D eigenvalue weighted by atomic mass is 10.2. The first kappa shape index (κ1) is 11.9. The molecule has 0 bridgehead atoms. The van der Waals surface area contributed by atoms with Gasteiger partial charge >= 0.3 is 0 Å². The van der Waals surface area contributed by atoms with Crippen LogP contribution in [-0.4, -0.2) is 21.0 Å². The molecule has 0 unspecified atom stereocenters. The number of nitrogens with one attached hydrogen (secondary N) is 1. The van der Waals surface area contributed by atoms with Crippen molar-refractivity contribution in [3.63, 3.8) is 0 Å². The molecule has 5 nitrogen and oxygen atoms in total. The highest BCUT2D eigenvalue weighted by Crippen LogP contribution is 2.25. The van der Waals surface area contributed by atoms with E-state index < -0.39 is 0 Å². The van der Waals surface area contributed by atoms with Gasteiger partial charge in [0.2, 0.25) is 0 Å². The lowest BCUT2D eigenvalue weighted by Crippen LogP contribution is -2.17. The number of nitrogens with two attached hydrogens (primary N) is 1. The maximum atomic E-state index is 5.94. The standard InChI is InChI=1S/C14H17N5/c15-12-9-17-13(10-4-3-7-16-8-10)19-14(12)18-11-5-1-2-6-11/h3-4,7-9,11H,1-2,5-6,15H2,(H,17,18,19). The van der Waals surface area contributed by atoms with Gasteiger partial charge < -0.3 is 11.1 Å². The second kappa shape index (κ2) is 5.22. The first-order valence-corrected chi connectivity index (χ1v) is 6.62. The van der Waals surface area contributed by atoms with Crippen molar-refractivity contribution < 1.29 is 0 Å². The van der Waals surface area contributed by atoms with E-state index in [0.717, 1.165) is 11.4 Å². The lowest BCUT2D eigenvalue weighted by molar-refractivity contribution is 0.750. The minimum absolute atomic E-state index is 0.485. The van der Waals surface area contributed by atoms with E-state index in [4.69, 9.17) is 5.73 Å². The van der Waals surface area contributed by atoms with Crippen LogP contribution in [0, 0.1) is 0 Å². The molecule has 2 heterocycles. The summed E-state index contributed by atoms with van der Waals surface area (Å²) in [6.45, 7) is 0. The topological polar surface area (TPSA) is 76.7 Å². The van der Waals surface area contributed by atoms with Crippen LogP contribution in [0.25, 0.3) is 11.4 Å². The molecule has 2 aromatic rings. The predicted molar refractivity (Wildman–Crippen MR) is 75.6 cm³/mol. The van der Waals surface area contributed by atoms with Crippen molar-refractivity contribution in [3.05, 3.63) is 30.7 Å². The monoisotopic (exact) mass is 255 g/mol. The Labute approximate surface area is 112 Å². The zero-order valence-corrected chi connectivity index (χ0v) is 10.7. The molecular formula is C14H17N5. The van der Waals surface area contributed by atoms with E-state index in [1.807, 2.05) is 12.1 Å². The third-order valence-corrected chi connectivity index (χ3v) is 3.43. The average Bonchev–Trinajstić information content (AvgIpc) is 2.95. The largest absolute Gasteiger partial charge is 0.394 e. The smallest absolute Gasteiger partial charge is 0.163 e. The fourth-order valence-electron chi connectivity index (χ4n) is 2.40. The van der Waals surface area contributed by atoms with Crippen molar-refractivity contribution in [2.45, 2.75) is 31.7 Å². The van der Waals surface area contributed by atoms with Crippen LogP contribution >= 0.6 is 0 Å². The molecule has 2 aromatic heterocycles. The highest BCUT2D eigenvalue weighted by atomic mass is 15.1. The molecule has 1 fully saturated rings. The number of anilines is 2. The van der Waals surface area contributed by atoms with Gasteiger partial charge in [-0.1, -0.05) is 12.8 Å². The molecule has 0 radical (unpaired) electrons. The molecule has 0 spiro atoms. The van der Waals surface area contributed by atoms with E-state index in [1.54, 1.807) is 18.6 Å². The van der Waals surface area contributed by atoms with Gasteiger partial charge in [0.05, 0.1) is 11.9 Å². The highest BCUT2D eigenvalue weighted by molar-refractivity contribution is 5.65. The van der Waals surface area contributed by atoms with Gasteiger partial charge in [-0.05, 0) is 25.0 Å². The number of aromatic nitrogens is 3. The molecule has 19 heavy (non-hydrogen) atoms. The summed E-state index contributed by atoms with van der Waals surface area (Å²) in [6.07, 6.45) is 10.1. The van der Waals surface area contributed by atoms with E-state index in [9.17, 15) is 0 Å². The summed E-state index contributed by atoms with van der Waals surface area (Å²) < 4.78 is 0. The first-order valence-electron chi connectivity index (χ1n) is 6.62. The minimum Gasteiger partial charge on any atom is -0.394 e. The van der Waals surface area contributed by atoms with Crippen LogP contribution in [0.2, 0.25) is 0 Å². The number of pyridine rings is 1. The molecule has 5 heteroatoms. The third kappa shape index (κ3) is 2.65. The van der Waals surface area contributed by atoms with E-state index in [0.29, 0.717) is 17.6 Å². The number of nitrogens with zero attached hydrogens (tertiary/aromatic N) is 3. The Morgan fingerprint density at radius 3 is 2.79 bits per heavy atom. The fraction of sp³-hybridized carbons (Fsp3) is 0.357. The van der Waals surface area contributed by atoms with Gasteiger partial charge in [0, 0.05) is 24.0 Å². The van der Waals surface area contributed by atoms with Crippen LogP contribution < -0.4 is 11.1 Å². The van der Waals surface area contributed by atoms with Crippen molar-refractivity contribution in [2.75, 3.05) is 11.1 Å². The third-order valence-electron chi connectivity index (χ3n) is 3.43. The maximum absolute atomic E-state index is 5.94. The van der Waals surface area contributed by atoms with Gasteiger partial charge in [-0.25, -0.2) is 9.97 Å². The van der Waals surface area contributed by atoms with E-state index in [-0.39, 0.29) is 0 Å². The maximum Gasteiger partial charge on any atom is 0.163 e. The summed E-state index contributed by atoms with van der Waals surface area (Å²) in [5, 5.41) is 3.42. The van der Waals surface area contributed by atoms with Crippen molar-refractivity contribution in [1.29, 1.82) is 0 Å². The molecule has 0 saturated heterocycles. The second-order valence-electron chi connectivity index (χ2n) is 4.86. The summed E-state index contributed by atoms with van der Waals surface area (Å²) in [4.78, 5) is 12.9. The predicted octanol–water partition coefficient (Wildman–Crippen LogP) is 2.48. The van der Waals surface area contributed by atoms with Crippen LogP contribution in [0.3, 0.4) is 0 Å². The van der Waals surface area contributed by atoms with E-state index in [1.165, 1.54) is 25.7 Å². The molecule has 98 valence electrons. The van der Waals surface area contributed by atoms with Gasteiger partial charge in [0.15, 0.2) is 11.6 Å². The summed E-state index contributed by atoms with van der Waals surface area (Å²) in [5.41, 5.74) is 7.44. The Bertz CT molecular complexity index is 549. The summed E-state index contributed by atoms with van der Waals surface area (Å²) in [5.74, 6) is 1.39. The van der Waals surface area contributed by atoms with Gasteiger partial charge in [-0.2, -0.15) is 0 Å². The molecular weight excluding hydrogens is 238 g/mol. The van der Waals surface area contributed by atoms with Crippen LogP contribution in [0.4, 0.5) is 11.5 Å². The van der Waals surface area contributed by atoms with Gasteiger partial charge in [0.1, 0.15) is 0 Å². The van der Waals surface area contributed by atoms with Crippen molar-refractivity contribution in [1.82, 2.24) is 15.0 Å². The van der Waals surface area contributed by atoms with Gasteiger partial charge in [-0.15, -0.1) is 0 Å². The lowest BCUT2D eigenvalue weighted by Gasteiger charge is -2.14. The number of hydrogen-bond acceptors (Lipinski definition) is 5. The quantitative estimate of drug-likeness (QED) is 0.881. The Morgan fingerprint density at radius 2 is 2.05 bits per heavy atom. The highest BCUT2D eigenvalue weighted by Gasteiger charge is 2.16. The normalized spacial score (nSPS) is 15.6. The molecule has 0 atom stereocenters. The summed E-state index contributed by atoms with van der Waals surface area (Å²) in [6, 6.07) is 4.30. The minimum atomic E-state index is 0.485. The second-order valence-corrected chi connectivity index (χ2v) is 4.86. The Hall–Kier alpha value is -2.17. The Balaban J connectivity index is 1.87.